The van der Waals surface area contributed by atoms with Crippen LogP contribution < -0.4 is 10.9 Å². The second-order valence-corrected chi connectivity index (χ2v) is 7.72. The lowest BCUT2D eigenvalue weighted by Gasteiger charge is -2.08. The summed E-state index contributed by atoms with van der Waals surface area (Å²) in [7, 11) is 0. The third-order valence-electron chi connectivity index (χ3n) is 4.41. The number of rotatable bonds is 5. The molecular weight excluding hydrogens is 386 g/mol. The summed E-state index contributed by atoms with van der Waals surface area (Å²) in [5.41, 5.74) is 3.30. The predicted octanol–water partition coefficient (Wildman–Crippen LogP) is 4.45. The fraction of sp³-hybridized carbons (Fsp3) is 0.136. The van der Waals surface area contributed by atoms with Gasteiger partial charge in [-0.1, -0.05) is 18.2 Å². The summed E-state index contributed by atoms with van der Waals surface area (Å²) < 4.78 is 6.49. The smallest absolute Gasteiger partial charge is 0.287 e. The Morgan fingerprint density at radius 2 is 1.86 bits per heavy atom. The molecule has 0 saturated heterocycles. The highest BCUT2D eigenvalue weighted by Gasteiger charge is 2.09. The second-order valence-electron chi connectivity index (χ2n) is 6.67. The van der Waals surface area contributed by atoms with Gasteiger partial charge in [0.15, 0.2) is 5.65 Å². The molecule has 29 heavy (non-hydrogen) atoms. The monoisotopic (exact) mass is 405 g/mol. The van der Waals surface area contributed by atoms with Gasteiger partial charge in [0.25, 0.3) is 11.5 Å². The summed E-state index contributed by atoms with van der Waals surface area (Å²) in [5.74, 6) is 1.07. The van der Waals surface area contributed by atoms with Crippen LogP contribution in [0.5, 0.6) is 0 Å². The van der Waals surface area contributed by atoms with E-state index in [1.54, 1.807) is 24.8 Å². The number of nitrogens with zero attached hydrogens (tertiary/aromatic N) is 2. The number of carbonyl (C=O) groups excluding carboxylic acids is 1. The maximum Gasteiger partial charge on any atom is 0.287 e. The van der Waals surface area contributed by atoms with Crippen molar-refractivity contribution in [3.63, 3.8) is 0 Å². The van der Waals surface area contributed by atoms with E-state index >= 15 is 0 Å². The van der Waals surface area contributed by atoms with Gasteiger partial charge in [-0.15, -0.1) is 16.3 Å². The zero-order valence-corrected chi connectivity index (χ0v) is 16.8. The van der Waals surface area contributed by atoms with Crippen molar-refractivity contribution in [1.82, 2.24) is 9.56 Å². The first-order valence-corrected chi connectivity index (χ1v) is 10.1. The average Bonchev–Trinajstić information content (AvgIpc) is 3.08. The number of anilines is 1. The number of hydrogen-bond acceptors (Lipinski definition) is 5. The maximum absolute atomic E-state index is 12.4. The van der Waals surface area contributed by atoms with Crippen LogP contribution in [0.2, 0.25) is 0 Å². The number of carbonyl (C=O) groups is 1. The SMILES string of the molecule is Cc1cc2nc(CSc3ccc(NC(=O)c4ccccc4C)cc3)cc(=O)n2o1. The third kappa shape index (κ3) is 4.25. The molecule has 0 fully saturated rings. The number of thioether (sulfide) groups is 1. The van der Waals surface area contributed by atoms with Gasteiger partial charge in [0.1, 0.15) is 5.76 Å². The van der Waals surface area contributed by atoms with Gasteiger partial charge >= 0.3 is 0 Å². The first kappa shape index (κ1) is 19.0. The van der Waals surface area contributed by atoms with Crippen LogP contribution in [0.15, 0.2) is 74.9 Å². The van der Waals surface area contributed by atoms with Gasteiger partial charge in [0.2, 0.25) is 0 Å². The largest absolute Gasteiger partial charge is 0.375 e. The van der Waals surface area contributed by atoms with E-state index in [1.807, 2.05) is 55.5 Å². The summed E-state index contributed by atoms with van der Waals surface area (Å²) in [6.45, 7) is 3.69. The topological polar surface area (TPSA) is 76.6 Å². The molecule has 1 amide bonds. The summed E-state index contributed by atoms with van der Waals surface area (Å²) in [5, 5.41) is 2.91. The number of aryl methyl sites for hydroxylation is 2. The van der Waals surface area contributed by atoms with Gasteiger partial charge < -0.3 is 9.84 Å². The van der Waals surface area contributed by atoms with Crippen LogP contribution in [0.4, 0.5) is 5.69 Å². The van der Waals surface area contributed by atoms with Gasteiger partial charge in [0, 0.05) is 34.0 Å². The molecule has 0 atom stereocenters. The highest BCUT2D eigenvalue weighted by molar-refractivity contribution is 7.98. The fourth-order valence-electron chi connectivity index (χ4n) is 2.97. The van der Waals surface area contributed by atoms with E-state index in [1.165, 1.54) is 10.6 Å². The molecule has 0 radical (unpaired) electrons. The molecule has 6 nitrogen and oxygen atoms in total. The Morgan fingerprint density at radius 3 is 2.62 bits per heavy atom. The molecule has 2 aromatic heterocycles. The van der Waals surface area contributed by atoms with Gasteiger partial charge in [-0.05, 0) is 49.7 Å². The average molecular weight is 405 g/mol. The van der Waals surface area contributed by atoms with Gasteiger partial charge in [0.05, 0.1) is 5.69 Å². The number of amides is 1. The van der Waals surface area contributed by atoms with Crippen LogP contribution in [0.25, 0.3) is 5.65 Å². The normalized spacial score (nSPS) is 11.0. The van der Waals surface area contributed by atoms with Crippen LogP contribution in [0.3, 0.4) is 0 Å². The van der Waals surface area contributed by atoms with Gasteiger partial charge in [-0.2, -0.15) is 0 Å². The lowest BCUT2D eigenvalue weighted by molar-refractivity contribution is 0.102. The van der Waals surface area contributed by atoms with Gasteiger partial charge in [-0.25, -0.2) is 4.98 Å². The molecule has 7 heteroatoms. The molecule has 0 bridgehead atoms. The van der Waals surface area contributed by atoms with Crippen LogP contribution in [-0.4, -0.2) is 15.5 Å². The number of aromatic nitrogens is 2. The quantitative estimate of drug-likeness (QED) is 0.497. The van der Waals surface area contributed by atoms with E-state index in [-0.39, 0.29) is 11.5 Å². The number of hydrogen-bond donors (Lipinski definition) is 1. The van der Waals surface area contributed by atoms with Crippen molar-refractivity contribution < 1.29 is 9.32 Å². The molecule has 0 aliphatic heterocycles. The molecule has 0 aliphatic carbocycles. The molecule has 4 aromatic rings. The van der Waals surface area contributed by atoms with E-state index in [4.69, 9.17) is 4.52 Å². The highest BCUT2D eigenvalue weighted by Crippen LogP contribution is 2.24. The fourth-order valence-corrected chi connectivity index (χ4v) is 3.76. The third-order valence-corrected chi connectivity index (χ3v) is 5.46. The van der Waals surface area contributed by atoms with Crippen molar-refractivity contribution in [1.29, 1.82) is 0 Å². The predicted molar refractivity (Wildman–Crippen MR) is 114 cm³/mol. The first-order chi connectivity index (χ1) is 14.0. The second kappa shape index (κ2) is 7.97. The molecule has 1 N–H and O–H groups in total. The molecular formula is C22H19N3O3S. The number of benzene rings is 2. The van der Waals surface area contributed by atoms with Crippen LogP contribution in [0, 0.1) is 13.8 Å². The number of nitrogens with one attached hydrogen (secondary N) is 1. The van der Waals surface area contributed by atoms with E-state index < -0.39 is 0 Å². The van der Waals surface area contributed by atoms with Crippen molar-refractivity contribution in [2.45, 2.75) is 24.5 Å². The Bertz CT molecular complexity index is 1240. The van der Waals surface area contributed by atoms with Crippen LogP contribution >= 0.6 is 11.8 Å². The zero-order chi connectivity index (χ0) is 20.4. The van der Waals surface area contributed by atoms with E-state index in [0.717, 1.165) is 16.1 Å². The summed E-state index contributed by atoms with van der Waals surface area (Å²) in [6, 6.07) is 18.3. The Morgan fingerprint density at radius 1 is 1.10 bits per heavy atom. The van der Waals surface area contributed by atoms with Gasteiger partial charge in [-0.3, -0.25) is 9.59 Å². The van der Waals surface area contributed by atoms with Crippen molar-refractivity contribution in [3.8, 4) is 0 Å². The first-order valence-electron chi connectivity index (χ1n) is 9.09. The Labute approximate surface area is 171 Å². The van der Waals surface area contributed by atoms with Crippen LogP contribution in [-0.2, 0) is 5.75 Å². The van der Waals surface area contributed by atoms with Crippen molar-refractivity contribution in [2.75, 3.05) is 5.32 Å². The summed E-state index contributed by atoms with van der Waals surface area (Å²) in [4.78, 5) is 30.0. The molecule has 146 valence electrons. The Hall–Kier alpha value is -3.32. The lowest BCUT2D eigenvalue weighted by atomic mass is 10.1. The minimum Gasteiger partial charge on any atom is -0.375 e. The van der Waals surface area contributed by atoms with Crippen molar-refractivity contribution in [3.05, 3.63) is 93.6 Å². The molecule has 4 rings (SSSR count). The van der Waals surface area contributed by atoms with Crippen LogP contribution in [0.1, 0.15) is 27.4 Å². The van der Waals surface area contributed by atoms with E-state index in [0.29, 0.717) is 28.4 Å². The minimum atomic E-state index is -0.229. The van der Waals surface area contributed by atoms with Crippen molar-refractivity contribution in [2.24, 2.45) is 0 Å². The Kier molecular flexibility index (Phi) is 5.22. The number of fused-ring (bicyclic) bond motifs is 1. The van der Waals surface area contributed by atoms with E-state index in [2.05, 4.69) is 10.3 Å². The molecule has 0 unspecified atom stereocenters. The molecule has 2 heterocycles. The zero-order valence-electron chi connectivity index (χ0n) is 16.0. The van der Waals surface area contributed by atoms with Crippen molar-refractivity contribution >= 4 is 29.0 Å². The standard InChI is InChI=1S/C22H19N3O3S/c1-14-5-3-4-6-19(14)22(27)24-16-7-9-18(10-8-16)29-13-17-12-21(26)25-20(23-17)11-15(2)28-25/h3-12H,13H2,1-2H3,(H,24,27). The lowest BCUT2D eigenvalue weighted by Crippen LogP contribution is -2.13. The molecule has 2 aromatic carbocycles. The summed E-state index contributed by atoms with van der Waals surface area (Å²) >= 11 is 1.57. The minimum absolute atomic E-state index is 0.128. The Balaban J connectivity index is 1.41. The molecule has 0 aliphatic rings. The van der Waals surface area contributed by atoms with E-state index in [9.17, 15) is 9.59 Å². The summed E-state index contributed by atoms with van der Waals surface area (Å²) in [6.07, 6.45) is 0. The molecule has 0 saturated carbocycles. The molecule has 0 spiro atoms. The highest BCUT2D eigenvalue weighted by atomic mass is 32.2. The maximum atomic E-state index is 12.4.